The Morgan fingerprint density at radius 2 is 2.15 bits per heavy atom. The number of hydrogen-bond donors (Lipinski definition) is 2. The zero-order valence-electron chi connectivity index (χ0n) is 15.1. The molecule has 1 saturated carbocycles. The van der Waals surface area contributed by atoms with Crippen molar-refractivity contribution in [1.82, 2.24) is 25.0 Å². The van der Waals surface area contributed by atoms with Crippen LogP contribution in [0, 0.1) is 12.8 Å². The molecule has 3 heterocycles. The molecular formula is C19H25N5O2. The normalized spacial score (nSPS) is 17.3. The lowest BCUT2D eigenvalue weighted by atomic mass is 9.84. The Hall–Kier alpha value is -2.57. The van der Waals surface area contributed by atoms with Gasteiger partial charge in [-0.25, -0.2) is 0 Å². The first-order chi connectivity index (χ1) is 12.6. The molecule has 0 radical (unpaired) electrons. The maximum absolute atomic E-state index is 12.6. The first kappa shape index (κ1) is 16.9. The molecule has 7 heteroatoms. The number of amides is 2. The standard InChI is InChI=1S/C19H25N5O2/c1-13-17(6-7-20-13)18(25)21-11-15-10-16-12-23(8-3-9-24(16)22-15)19(26)14-4-2-5-14/h6-7,10,14,20H,2-5,8-9,11-12H2,1H3,(H,21,25). The van der Waals surface area contributed by atoms with Crippen molar-refractivity contribution >= 4 is 11.8 Å². The van der Waals surface area contributed by atoms with Gasteiger partial charge in [-0.15, -0.1) is 0 Å². The Bertz CT molecular complexity index is 818. The lowest BCUT2D eigenvalue weighted by molar-refractivity contribution is -0.138. The number of H-pyrrole nitrogens is 1. The third kappa shape index (κ3) is 3.25. The van der Waals surface area contributed by atoms with Gasteiger partial charge in [0.2, 0.25) is 5.91 Å². The number of fused-ring (bicyclic) bond motifs is 1. The molecule has 0 aromatic carbocycles. The molecule has 2 aromatic rings. The molecule has 2 aromatic heterocycles. The summed E-state index contributed by atoms with van der Waals surface area (Å²) in [7, 11) is 0. The summed E-state index contributed by atoms with van der Waals surface area (Å²) in [6, 6.07) is 3.79. The smallest absolute Gasteiger partial charge is 0.253 e. The minimum atomic E-state index is -0.103. The highest BCUT2D eigenvalue weighted by molar-refractivity contribution is 5.95. The molecule has 2 amide bonds. The van der Waals surface area contributed by atoms with Gasteiger partial charge in [0.1, 0.15) is 0 Å². The highest BCUT2D eigenvalue weighted by Crippen LogP contribution is 2.29. The van der Waals surface area contributed by atoms with Crippen LogP contribution in [0.2, 0.25) is 0 Å². The number of aromatic amines is 1. The lowest BCUT2D eigenvalue weighted by Crippen LogP contribution is -2.38. The molecule has 1 aliphatic heterocycles. The van der Waals surface area contributed by atoms with Gasteiger partial charge in [-0.3, -0.25) is 14.3 Å². The fourth-order valence-corrected chi connectivity index (χ4v) is 3.67. The van der Waals surface area contributed by atoms with E-state index in [0.29, 0.717) is 24.6 Å². The quantitative estimate of drug-likeness (QED) is 0.880. The van der Waals surface area contributed by atoms with Crippen LogP contribution in [0.4, 0.5) is 0 Å². The molecule has 0 spiro atoms. The minimum Gasteiger partial charge on any atom is -0.365 e. The number of aromatic nitrogens is 3. The van der Waals surface area contributed by atoms with Crippen LogP contribution in [-0.2, 0) is 24.4 Å². The van der Waals surface area contributed by atoms with Crippen LogP contribution >= 0.6 is 0 Å². The van der Waals surface area contributed by atoms with Crippen molar-refractivity contribution in [3.05, 3.63) is 41.0 Å². The van der Waals surface area contributed by atoms with E-state index in [1.807, 2.05) is 22.6 Å². The molecule has 2 N–H and O–H groups in total. The van der Waals surface area contributed by atoms with Crippen molar-refractivity contribution in [2.75, 3.05) is 6.54 Å². The fraction of sp³-hybridized carbons (Fsp3) is 0.526. The third-order valence-electron chi connectivity index (χ3n) is 5.46. The molecule has 4 rings (SSSR count). The summed E-state index contributed by atoms with van der Waals surface area (Å²) in [5.74, 6) is 0.422. The van der Waals surface area contributed by atoms with E-state index in [0.717, 1.165) is 49.4 Å². The summed E-state index contributed by atoms with van der Waals surface area (Å²) >= 11 is 0. The van der Waals surface area contributed by atoms with Gasteiger partial charge in [0.25, 0.3) is 5.91 Å². The summed E-state index contributed by atoms with van der Waals surface area (Å²) < 4.78 is 1.98. The second kappa shape index (κ2) is 6.97. The van der Waals surface area contributed by atoms with Crippen LogP contribution < -0.4 is 5.32 Å². The van der Waals surface area contributed by atoms with Crippen LogP contribution in [0.3, 0.4) is 0 Å². The van der Waals surface area contributed by atoms with Gasteiger partial charge < -0.3 is 15.2 Å². The number of aryl methyl sites for hydroxylation is 2. The molecule has 0 unspecified atom stereocenters. The second-order valence-corrected chi connectivity index (χ2v) is 7.29. The van der Waals surface area contributed by atoms with Gasteiger partial charge in [-0.1, -0.05) is 6.42 Å². The summed E-state index contributed by atoms with van der Waals surface area (Å²) in [5.41, 5.74) is 3.40. The van der Waals surface area contributed by atoms with Gasteiger partial charge >= 0.3 is 0 Å². The van der Waals surface area contributed by atoms with Crippen LogP contribution in [0.1, 0.15) is 53.1 Å². The average Bonchev–Trinajstić information content (AvgIpc) is 3.11. The Morgan fingerprint density at radius 1 is 1.31 bits per heavy atom. The predicted octanol–water partition coefficient (Wildman–Crippen LogP) is 1.98. The molecule has 26 heavy (non-hydrogen) atoms. The van der Waals surface area contributed by atoms with Crippen molar-refractivity contribution in [3.63, 3.8) is 0 Å². The largest absolute Gasteiger partial charge is 0.365 e. The summed E-state index contributed by atoms with van der Waals surface area (Å²) in [6.45, 7) is 4.50. The molecule has 7 nitrogen and oxygen atoms in total. The van der Waals surface area contributed by atoms with E-state index in [4.69, 9.17) is 0 Å². The second-order valence-electron chi connectivity index (χ2n) is 7.29. The summed E-state index contributed by atoms with van der Waals surface area (Å²) in [5, 5.41) is 7.54. The zero-order chi connectivity index (χ0) is 18.1. The molecule has 0 saturated heterocycles. The van der Waals surface area contributed by atoms with Crippen molar-refractivity contribution in [2.24, 2.45) is 5.92 Å². The van der Waals surface area contributed by atoms with Crippen molar-refractivity contribution in [3.8, 4) is 0 Å². The maximum atomic E-state index is 12.6. The monoisotopic (exact) mass is 355 g/mol. The Kier molecular flexibility index (Phi) is 4.53. The lowest BCUT2D eigenvalue weighted by Gasteiger charge is -2.30. The van der Waals surface area contributed by atoms with E-state index in [1.165, 1.54) is 6.42 Å². The summed E-state index contributed by atoms with van der Waals surface area (Å²) in [4.78, 5) is 29.8. The van der Waals surface area contributed by atoms with E-state index in [2.05, 4.69) is 15.4 Å². The van der Waals surface area contributed by atoms with Crippen molar-refractivity contribution in [2.45, 2.75) is 52.2 Å². The van der Waals surface area contributed by atoms with Gasteiger partial charge in [-0.2, -0.15) is 5.10 Å². The molecule has 138 valence electrons. The molecule has 0 bridgehead atoms. The van der Waals surface area contributed by atoms with E-state index in [-0.39, 0.29) is 11.8 Å². The highest BCUT2D eigenvalue weighted by Gasteiger charge is 2.30. The van der Waals surface area contributed by atoms with E-state index in [1.54, 1.807) is 12.3 Å². The SMILES string of the molecule is Cc1[nH]ccc1C(=O)NCc1cc2n(n1)CCCN(C(=O)C1CCC1)C2. The van der Waals surface area contributed by atoms with E-state index < -0.39 is 0 Å². The number of carbonyl (C=O) groups is 2. The van der Waals surface area contributed by atoms with Crippen molar-refractivity contribution in [1.29, 1.82) is 0 Å². The average molecular weight is 355 g/mol. The molecule has 2 aliphatic rings. The first-order valence-corrected chi connectivity index (χ1v) is 9.38. The van der Waals surface area contributed by atoms with E-state index >= 15 is 0 Å². The van der Waals surface area contributed by atoms with Crippen LogP contribution in [0.5, 0.6) is 0 Å². The first-order valence-electron chi connectivity index (χ1n) is 9.38. The fourth-order valence-electron chi connectivity index (χ4n) is 3.67. The van der Waals surface area contributed by atoms with Gasteiger partial charge in [0, 0.05) is 30.9 Å². The third-order valence-corrected chi connectivity index (χ3v) is 5.46. The molecule has 1 fully saturated rings. The summed E-state index contributed by atoms with van der Waals surface area (Å²) in [6.07, 6.45) is 5.92. The topological polar surface area (TPSA) is 83.0 Å². The van der Waals surface area contributed by atoms with Crippen LogP contribution in [0.15, 0.2) is 18.3 Å². The maximum Gasteiger partial charge on any atom is 0.253 e. The minimum absolute atomic E-state index is 0.103. The van der Waals surface area contributed by atoms with Gasteiger partial charge in [-0.05, 0) is 38.3 Å². The van der Waals surface area contributed by atoms with Crippen LogP contribution in [-0.4, -0.2) is 38.0 Å². The van der Waals surface area contributed by atoms with Gasteiger partial charge in [0.15, 0.2) is 0 Å². The number of nitrogens with one attached hydrogen (secondary N) is 2. The van der Waals surface area contributed by atoms with Gasteiger partial charge in [0.05, 0.1) is 30.0 Å². The Labute approximate surface area is 152 Å². The number of nitrogens with zero attached hydrogens (tertiary/aromatic N) is 3. The highest BCUT2D eigenvalue weighted by atomic mass is 16.2. The number of rotatable bonds is 4. The Morgan fingerprint density at radius 3 is 2.85 bits per heavy atom. The van der Waals surface area contributed by atoms with Crippen molar-refractivity contribution < 1.29 is 9.59 Å². The Balaban J connectivity index is 1.40. The molecule has 0 atom stereocenters. The zero-order valence-corrected chi connectivity index (χ0v) is 15.1. The molecular weight excluding hydrogens is 330 g/mol. The predicted molar refractivity (Wildman–Crippen MR) is 96.3 cm³/mol. The number of hydrogen-bond acceptors (Lipinski definition) is 3. The van der Waals surface area contributed by atoms with Crippen LogP contribution in [0.25, 0.3) is 0 Å². The molecule has 1 aliphatic carbocycles. The number of carbonyl (C=O) groups excluding carboxylic acids is 2. The van der Waals surface area contributed by atoms with E-state index in [9.17, 15) is 9.59 Å².